The molecule has 1 unspecified atom stereocenters. The Balaban J connectivity index is 2.43. The van der Waals surface area contributed by atoms with Crippen LogP contribution >= 0.6 is 11.6 Å². The van der Waals surface area contributed by atoms with Crippen LogP contribution in [0.3, 0.4) is 0 Å². The molecule has 0 radical (unpaired) electrons. The van der Waals surface area contributed by atoms with Crippen molar-refractivity contribution in [2.45, 2.75) is 13.0 Å². The fourth-order valence-electron chi connectivity index (χ4n) is 0.843. The lowest BCUT2D eigenvalue weighted by molar-refractivity contribution is 0.0846. The first kappa shape index (κ1) is 11.1. The lowest BCUT2D eigenvalue weighted by Crippen LogP contribution is -2.31. The number of ether oxygens (including phenoxy) is 1. The molecule has 78 valence electrons. The Kier molecular flexibility index (Phi) is 3.98. The summed E-state index contributed by atoms with van der Waals surface area (Å²) >= 11 is 5.52. The number of hydrogen-bond acceptors (Lipinski definition) is 3. The highest BCUT2D eigenvalue weighted by Crippen LogP contribution is 2.12. The van der Waals surface area contributed by atoms with E-state index in [0.29, 0.717) is 6.54 Å². The topological polar surface area (TPSA) is 51.5 Å². The summed E-state index contributed by atoms with van der Waals surface area (Å²) in [7, 11) is 1.58. The van der Waals surface area contributed by atoms with Crippen LogP contribution in [0.4, 0.5) is 0 Å². The van der Waals surface area contributed by atoms with Crippen molar-refractivity contribution in [3.05, 3.63) is 23.1 Å². The number of nitrogens with one attached hydrogen (secondary N) is 1. The number of carbonyl (C=O) groups is 1. The molecule has 14 heavy (non-hydrogen) atoms. The number of methoxy groups -OCH3 is 1. The van der Waals surface area contributed by atoms with Gasteiger partial charge in [-0.3, -0.25) is 4.79 Å². The molecule has 4 nitrogen and oxygen atoms in total. The van der Waals surface area contributed by atoms with Gasteiger partial charge in [-0.15, -0.1) is 0 Å². The van der Waals surface area contributed by atoms with Gasteiger partial charge in [0.1, 0.15) is 0 Å². The minimum absolute atomic E-state index is 0.0237. The highest BCUT2D eigenvalue weighted by Gasteiger charge is 2.10. The number of hydrogen-bond donors (Lipinski definition) is 1. The second kappa shape index (κ2) is 5.02. The van der Waals surface area contributed by atoms with Crippen LogP contribution in [0.5, 0.6) is 0 Å². The summed E-state index contributed by atoms with van der Waals surface area (Å²) in [5.74, 6) is -0.0842. The van der Waals surface area contributed by atoms with E-state index in [2.05, 4.69) is 5.32 Å². The third kappa shape index (κ3) is 3.05. The minimum Gasteiger partial charge on any atom is -0.440 e. The molecule has 1 aromatic rings. The molecule has 5 heteroatoms. The van der Waals surface area contributed by atoms with Crippen LogP contribution in [0.1, 0.15) is 17.5 Å². The highest BCUT2D eigenvalue weighted by atomic mass is 35.5. The summed E-state index contributed by atoms with van der Waals surface area (Å²) in [5, 5.41) is 2.85. The number of furan rings is 1. The van der Waals surface area contributed by atoms with Crippen LogP contribution in [0, 0.1) is 0 Å². The van der Waals surface area contributed by atoms with Crippen molar-refractivity contribution >= 4 is 17.5 Å². The SMILES string of the molecule is COC(C)CNC(=O)c1ccc(Cl)o1. The molecule has 0 spiro atoms. The molecule has 0 saturated heterocycles. The van der Waals surface area contributed by atoms with Gasteiger partial charge in [-0.05, 0) is 30.7 Å². The van der Waals surface area contributed by atoms with E-state index in [1.165, 1.54) is 12.1 Å². The fraction of sp³-hybridized carbons (Fsp3) is 0.444. The molecule has 0 fully saturated rings. The summed E-state index contributed by atoms with van der Waals surface area (Å²) in [4.78, 5) is 11.4. The first-order valence-electron chi connectivity index (χ1n) is 4.20. The van der Waals surface area contributed by atoms with E-state index in [0.717, 1.165) is 0 Å². The van der Waals surface area contributed by atoms with Gasteiger partial charge in [0.25, 0.3) is 5.91 Å². The van der Waals surface area contributed by atoms with Crippen LogP contribution in [0.25, 0.3) is 0 Å². The molecule has 1 N–H and O–H groups in total. The molecule has 1 rings (SSSR count). The van der Waals surface area contributed by atoms with Crippen molar-refractivity contribution in [3.63, 3.8) is 0 Å². The average Bonchev–Trinajstić information content (AvgIpc) is 2.60. The Morgan fingerprint density at radius 2 is 2.43 bits per heavy atom. The smallest absolute Gasteiger partial charge is 0.287 e. The summed E-state index contributed by atoms with van der Waals surface area (Å²) in [5.41, 5.74) is 0. The van der Waals surface area contributed by atoms with E-state index >= 15 is 0 Å². The Morgan fingerprint density at radius 1 is 1.71 bits per heavy atom. The number of halogens is 1. The first-order valence-corrected chi connectivity index (χ1v) is 4.57. The van der Waals surface area contributed by atoms with Gasteiger partial charge in [0, 0.05) is 13.7 Å². The summed E-state index contributed by atoms with van der Waals surface area (Å²) in [6.45, 7) is 2.29. The van der Waals surface area contributed by atoms with Gasteiger partial charge < -0.3 is 14.5 Å². The Morgan fingerprint density at radius 3 is 2.93 bits per heavy atom. The van der Waals surface area contributed by atoms with Crippen molar-refractivity contribution in [2.24, 2.45) is 0 Å². The van der Waals surface area contributed by atoms with Crippen molar-refractivity contribution in [2.75, 3.05) is 13.7 Å². The van der Waals surface area contributed by atoms with E-state index in [1.807, 2.05) is 6.92 Å². The number of carbonyl (C=O) groups excluding carboxylic acids is 1. The molecular weight excluding hydrogens is 206 g/mol. The Labute approximate surface area is 87.2 Å². The van der Waals surface area contributed by atoms with Crippen molar-refractivity contribution in [3.8, 4) is 0 Å². The van der Waals surface area contributed by atoms with Gasteiger partial charge in [-0.1, -0.05) is 0 Å². The molecule has 0 aromatic carbocycles. The average molecular weight is 218 g/mol. The van der Waals surface area contributed by atoms with Crippen LogP contribution in [0.2, 0.25) is 5.22 Å². The standard InChI is InChI=1S/C9H12ClNO3/c1-6(13-2)5-11-9(12)7-3-4-8(10)14-7/h3-4,6H,5H2,1-2H3,(H,11,12). The predicted octanol–water partition coefficient (Wildman–Crippen LogP) is 1.70. The van der Waals surface area contributed by atoms with Crippen molar-refractivity contribution < 1.29 is 13.9 Å². The summed E-state index contributed by atoms with van der Waals surface area (Å²) < 4.78 is 9.89. The first-order chi connectivity index (χ1) is 6.63. The van der Waals surface area contributed by atoms with Gasteiger partial charge in [0.2, 0.25) is 0 Å². The van der Waals surface area contributed by atoms with Gasteiger partial charge in [0.05, 0.1) is 6.10 Å². The number of amides is 1. The zero-order valence-electron chi connectivity index (χ0n) is 8.04. The van der Waals surface area contributed by atoms with Gasteiger partial charge in [-0.25, -0.2) is 0 Å². The quantitative estimate of drug-likeness (QED) is 0.835. The summed E-state index contributed by atoms with van der Waals surface area (Å²) in [6, 6.07) is 3.05. The number of rotatable bonds is 4. The van der Waals surface area contributed by atoms with E-state index in [4.69, 9.17) is 20.8 Å². The van der Waals surface area contributed by atoms with Crippen LogP contribution in [-0.2, 0) is 4.74 Å². The third-order valence-corrected chi connectivity index (χ3v) is 1.95. The minimum atomic E-state index is -0.291. The molecule has 1 aromatic heterocycles. The van der Waals surface area contributed by atoms with Gasteiger partial charge >= 0.3 is 0 Å². The molecule has 0 aliphatic carbocycles. The Bertz CT molecular complexity index is 311. The van der Waals surface area contributed by atoms with Gasteiger partial charge in [-0.2, -0.15) is 0 Å². The maximum atomic E-state index is 11.4. The third-order valence-electron chi connectivity index (χ3n) is 1.75. The Hall–Kier alpha value is -1.00. The highest BCUT2D eigenvalue weighted by molar-refractivity contribution is 6.29. The zero-order chi connectivity index (χ0) is 10.6. The van der Waals surface area contributed by atoms with Crippen LogP contribution in [-0.4, -0.2) is 25.7 Å². The van der Waals surface area contributed by atoms with E-state index < -0.39 is 0 Å². The molecule has 0 saturated carbocycles. The molecule has 1 heterocycles. The summed E-state index contributed by atoms with van der Waals surface area (Å²) in [6.07, 6.45) is -0.0237. The van der Waals surface area contributed by atoms with Crippen LogP contribution < -0.4 is 5.32 Å². The monoisotopic (exact) mass is 217 g/mol. The van der Waals surface area contributed by atoms with Crippen LogP contribution in [0.15, 0.2) is 16.5 Å². The fourth-order valence-corrected chi connectivity index (χ4v) is 0.989. The maximum absolute atomic E-state index is 11.4. The molecule has 1 amide bonds. The molecule has 1 atom stereocenters. The van der Waals surface area contributed by atoms with Crippen molar-refractivity contribution in [1.29, 1.82) is 0 Å². The second-order valence-electron chi connectivity index (χ2n) is 2.86. The maximum Gasteiger partial charge on any atom is 0.287 e. The van der Waals surface area contributed by atoms with E-state index in [-0.39, 0.29) is 23.0 Å². The van der Waals surface area contributed by atoms with Gasteiger partial charge in [0.15, 0.2) is 11.0 Å². The molecule has 0 aliphatic heterocycles. The largest absolute Gasteiger partial charge is 0.440 e. The predicted molar refractivity (Wildman–Crippen MR) is 52.5 cm³/mol. The lowest BCUT2D eigenvalue weighted by Gasteiger charge is -2.09. The molecule has 0 bridgehead atoms. The normalized spacial score (nSPS) is 12.5. The lowest BCUT2D eigenvalue weighted by atomic mass is 10.3. The van der Waals surface area contributed by atoms with Crippen molar-refractivity contribution in [1.82, 2.24) is 5.32 Å². The zero-order valence-corrected chi connectivity index (χ0v) is 8.80. The molecular formula is C9H12ClNO3. The second-order valence-corrected chi connectivity index (χ2v) is 3.23. The van der Waals surface area contributed by atoms with E-state index in [1.54, 1.807) is 7.11 Å². The van der Waals surface area contributed by atoms with E-state index in [9.17, 15) is 4.79 Å². The molecule has 0 aliphatic rings.